The van der Waals surface area contributed by atoms with Gasteiger partial charge in [-0.05, 0) is 50.2 Å². The number of hydrogen-bond donors (Lipinski definition) is 0. The average Bonchev–Trinajstić information content (AvgIpc) is 2.94. The van der Waals surface area contributed by atoms with E-state index in [2.05, 4.69) is 0 Å². The number of imide groups is 1. The summed E-state index contributed by atoms with van der Waals surface area (Å²) in [6.07, 6.45) is 0. The zero-order valence-electron chi connectivity index (χ0n) is 15.6. The first-order valence-corrected chi connectivity index (χ1v) is 8.78. The molecule has 0 N–H and O–H groups in total. The Hall–Kier alpha value is -3.48. The van der Waals surface area contributed by atoms with Crippen LogP contribution >= 0.6 is 0 Å². The van der Waals surface area contributed by atoms with Crippen molar-refractivity contribution in [2.45, 2.75) is 25.4 Å². The van der Waals surface area contributed by atoms with E-state index in [4.69, 9.17) is 4.74 Å². The van der Waals surface area contributed by atoms with Crippen LogP contribution in [0, 0.1) is 0 Å². The summed E-state index contributed by atoms with van der Waals surface area (Å²) in [4.78, 5) is 53.6. The predicted octanol–water partition coefficient (Wildman–Crippen LogP) is 2.05. The maximum atomic E-state index is 13.1. The fourth-order valence-corrected chi connectivity index (χ4v) is 3.93. The van der Waals surface area contributed by atoms with E-state index in [0.29, 0.717) is 11.4 Å². The molecule has 2 aliphatic rings. The fraction of sp³-hybridized carbons (Fsp3) is 0.238. The Kier molecular flexibility index (Phi) is 3.85. The molecule has 0 bridgehead atoms. The number of rotatable bonds is 4. The van der Waals surface area contributed by atoms with Crippen molar-refractivity contribution >= 4 is 29.2 Å². The van der Waals surface area contributed by atoms with Gasteiger partial charge in [0, 0.05) is 5.69 Å². The summed E-state index contributed by atoms with van der Waals surface area (Å²) in [6.45, 7) is 2.93. The lowest BCUT2D eigenvalue weighted by atomic mass is 9.75. The van der Waals surface area contributed by atoms with Gasteiger partial charge in [0.2, 0.25) is 0 Å². The van der Waals surface area contributed by atoms with Crippen molar-refractivity contribution in [1.82, 2.24) is 4.90 Å². The Balaban J connectivity index is 1.75. The van der Waals surface area contributed by atoms with Crippen LogP contribution in [0.1, 0.15) is 34.6 Å². The lowest BCUT2D eigenvalue weighted by Gasteiger charge is -2.55. The largest absolute Gasteiger partial charge is 0.497 e. The maximum absolute atomic E-state index is 13.1. The minimum Gasteiger partial charge on any atom is -0.497 e. The Labute approximate surface area is 161 Å². The number of methoxy groups -OCH3 is 1. The number of ether oxygens (including phenoxy) is 1. The van der Waals surface area contributed by atoms with Gasteiger partial charge in [0.25, 0.3) is 17.7 Å². The molecule has 4 rings (SSSR count). The molecular weight excluding hydrogens is 360 g/mol. The Morgan fingerprint density at radius 2 is 1.50 bits per heavy atom. The van der Waals surface area contributed by atoms with Crippen LogP contribution in [-0.4, -0.2) is 47.1 Å². The number of ketones is 1. The number of β-lactam (4-membered cyclic amide) rings is 1. The zero-order valence-corrected chi connectivity index (χ0v) is 15.6. The molecule has 0 radical (unpaired) electrons. The van der Waals surface area contributed by atoms with Gasteiger partial charge < -0.3 is 4.74 Å². The van der Waals surface area contributed by atoms with Crippen LogP contribution in [0.5, 0.6) is 5.75 Å². The highest BCUT2D eigenvalue weighted by Crippen LogP contribution is 2.43. The first-order valence-electron chi connectivity index (χ1n) is 8.78. The first kappa shape index (κ1) is 17.9. The Morgan fingerprint density at radius 1 is 0.964 bits per heavy atom. The number of nitrogens with zero attached hydrogens (tertiary/aromatic N) is 2. The molecule has 0 aromatic heterocycles. The number of Topliss-reactive ketones (excluding diaryl/α,β-unsaturated/α-hetero) is 1. The summed E-state index contributed by atoms with van der Waals surface area (Å²) in [6, 6.07) is 11.9. The van der Waals surface area contributed by atoms with E-state index in [-0.39, 0.29) is 16.9 Å². The lowest BCUT2D eigenvalue weighted by Crippen LogP contribution is -2.81. The first-order chi connectivity index (χ1) is 13.3. The zero-order chi connectivity index (χ0) is 20.2. The second-order valence-electron chi connectivity index (χ2n) is 7.00. The molecule has 7 heteroatoms. The van der Waals surface area contributed by atoms with E-state index in [0.717, 1.165) is 4.90 Å². The minimum atomic E-state index is -1.35. The molecule has 7 nitrogen and oxygen atoms in total. The Morgan fingerprint density at radius 3 is 1.96 bits per heavy atom. The average molecular weight is 378 g/mol. The van der Waals surface area contributed by atoms with Crippen LogP contribution < -0.4 is 9.64 Å². The van der Waals surface area contributed by atoms with Crippen LogP contribution in [0.15, 0.2) is 48.5 Å². The highest BCUT2D eigenvalue weighted by molar-refractivity contribution is 6.27. The molecule has 3 amide bonds. The number of benzene rings is 2. The minimum absolute atomic E-state index is 0.245. The number of hydrogen-bond acceptors (Lipinski definition) is 5. The van der Waals surface area contributed by atoms with Crippen LogP contribution in [-0.2, 0) is 9.59 Å². The van der Waals surface area contributed by atoms with Crippen LogP contribution in [0.3, 0.4) is 0 Å². The highest BCUT2D eigenvalue weighted by atomic mass is 16.5. The number of anilines is 1. The normalized spacial score (nSPS) is 23.5. The van der Waals surface area contributed by atoms with E-state index in [1.54, 1.807) is 55.5 Å². The van der Waals surface area contributed by atoms with Gasteiger partial charge in [-0.15, -0.1) is 0 Å². The second kappa shape index (κ2) is 6.02. The molecule has 0 aliphatic carbocycles. The summed E-state index contributed by atoms with van der Waals surface area (Å²) in [5.41, 5.74) is -0.362. The number of carbonyl (C=O) groups excluding carboxylic acids is 4. The van der Waals surface area contributed by atoms with Gasteiger partial charge in [0.1, 0.15) is 17.3 Å². The summed E-state index contributed by atoms with van der Waals surface area (Å²) in [5.74, 6) is -1.29. The lowest BCUT2D eigenvalue weighted by molar-refractivity contribution is -0.143. The van der Waals surface area contributed by atoms with E-state index in [9.17, 15) is 19.2 Å². The second-order valence-corrected chi connectivity index (χ2v) is 7.00. The molecule has 1 fully saturated rings. The Bertz CT molecular complexity index is 994. The van der Waals surface area contributed by atoms with Crippen molar-refractivity contribution in [1.29, 1.82) is 0 Å². The predicted molar refractivity (Wildman–Crippen MR) is 100 cm³/mol. The molecule has 0 saturated carbocycles. The molecule has 0 unspecified atom stereocenters. The SMILES string of the molecule is COc1ccc(N2C(=O)[C@@H](N3C(=O)c4ccccc4C3=O)[C@@]2(C)C(C)=O)cc1. The quantitative estimate of drug-likeness (QED) is 0.601. The van der Waals surface area contributed by atoms with Gasteiger partial charge in [-0.25, -0.2) is 0 Å². The smallest absolute Gasteiger partial charge is 0.262 e. The third-order valence-corrected chi connectivity index (χ3v) is 5.58. The van der Waals surface area contributed by atoms with Gasteiger partial charge in [-0.1, -0.05) is 12.1 Å². The van der Waals surface area contributed by atoms with Crippen molar-refractivity contribution in [3.8, 4) is 5.75 Å². The molecule has 28 heavy (non-hydrogen) atoms. The molecule has 2 heterocycles. The summed E-state index contributed by atoms with van der Waals surface area (Å²) in [7, 11) is 1.53. The third kappa shape index (κ3) is 2.16. The maximum Gasteiger partial charge on any atom is 0.262 e. The van der Waals surface area contributed by atoms with Crippen molar-refractivity contribution in [2.24, 2.45) is 0 Å². The summed E-state index contributed by atoms with van der Waals surface area (Å²) in [5, 5.41) is 0. The molecule has 142 valence electrons. The van der Waals surface area contributed by atoms with E-state index in [1.807, 2.05) is 0 Å². The van der Waals surface area contributed by atoms with Crippen LogP contribution in [0.2, 0.25) is 0 Å². The van der Waals surface area contributed by atoms with Crippen molar-refractivity contribution in [3.63, 3.8) is 0 Å². The van der Waals surface area contributed by atoms with Crippen LogP contribution in [0.4, 0.5) is 5.69 Å². The van der Waals surface area contributed by atoms with Gasteiger partial charge in [-0.3, -0.25) is 29.0 Å². The standard InChI is InChI=1S/C21H18N2O5/c1-12(24)21(2)17(20(27)23(21)13-8-10-14(28-3)11-9-13)22-18(25)15-6-4-5-7-16(15)19(22)26/h4-11,17H,1-3H3/t17-,21-/m1/s1. The summed E-state index contributed by atoms with van der Waals surface area (Å²) >= 11 is 0. The molecule has 0 spiro atoms. The number of fused-ring (bicyclic) bond motifs is 1. The molecule has 2 atom stereocenters. The molecular formula is C21H18N2O5. The highest BCUT2D eigenvalue weighted by Gasteiger charge is 2.66. The fourth-order valence-electron chi connectivity index (χ4n) is 3.93. The van der Waals surface area contributed by atoms with Crippen molar-refractivity contribution < 1.29 is 23.9 Å². The third-order valence-electron chi connectivity index (χ3n) is 5.58. The van der Waals surface area contributed by atoms with Gasteiger partial charge >= 0.3 is 0 Å². The number of amides is 3. The van der Waals surface area contributed by atoms with Crippen molar-refractivity contribution in [2.75, 3.05) is 12.0 Å². The topological polar surface area (TPSA) is 84.0 Å². The van der Waals surface area contributed by atoms with Gasteiger partial charge in [0.05, 0.1) is 18.2 Å². The van der Waals surface area contributed by atoms with E-state index in [1.165, 1.54) is 18.9 Å². The summed E-state index contributed by atoms with van der Waals surface area (Å²) < 4.78 is 5.13. The number of carbonyl (C=O) groups is 4. The van der Waals surface area contributed by atoms with Crippen molar-refractivity contribution in [3.05, 3.63) is 59.7 Å². The van der Waals surface area contributed by atoms with Gasteiger partial charge in [0.15, 0.2) is 5.78 Å². The molecule has 2 aromatic carbocycles. The molecule has 2 aromatic rings. The van der Waals surface area contributed by atoms with E-state index < -0.39 is 29.3 Å². The van der Waals surface area contributed by atoms with Gasteiger partial charge in [-0.2, -0.15) is 0 Å². The van der Waals surface area contributed by atoms with Crippen LogP contribution in [0.25, 0.3) is 0 Å². The molecule has 2 aliphatic heterocycles. The monoisotopic (exact) mass is 378 g/mol. The van der Waals surface area contributed by atoms with E-state index >= 15 is 0 Å². The molecule has 1 saturated heterocycles.